The van der Waals surface area contributed by atoms with E-state index in [1.165, 1.54) is 11.6 Å². The lowest BCUT2D eigenvalue weighted by atomic mass is 10.1. The highest BCUT2D eigenvalue weighted by Gasteiger charge is 2.22. The molecule has 32 heavy (non-hydrogen) atoms. The topological polar surface area (TPSA) is 110 Å². The first-order valence-electron chi connectivity index (χ1n) is 10.5. The number of ether oxygens (including phenoxy) is 1. The van der Waals surface area contributed by atoms with Crippen LogP contribution in [0.15, 0.2) is 64.2 Å². The number of nitrogens with two attached hydrogens (primary N) is 1. The Balaban J connectivity index is 1.84. The van der Waals surface area contributed by atoms with Gasteiger partial charge in [-0.15, -0.1) is 0 Å². The number of H-pyrrole nitrogens is 1. The molecule has 1 aromatic heterocycles. The Morgan fingerprint density at radius 1 is 1.09 bits per heavy atom. The molecule has 0 saturated heterocycles. The third-order valence-electron chi connectivity index (χ3n) is 5.10. The highest BCUT2D eigenvalue weighted by atomic mass is 16.5. The first-order chi connectivity index (χ1) is 15.3. The Labute approximate surface area is 186 Å². The van der Waals surface area contributed by atoms with E-state index in [2.05, 4.69) is 18.8 Å². The molecule has 8 heteroatoms. The third kappa shape index (κ3) is 5.26. The van der Waals surface area contributed by atoms with Gasteiger partial charge >= 0.3 is 5.69 Å². The molecular formula is C24H28N4O4. The van der Waals surface area contributed by atoms with Crippen LogP contribution in [0.25, 0.3) is 0 Å². The maximum Gasteiger partial charge on any atom is 0.330 e. The summed E-state index contributed by atoms with van der Waals surface area (Å²) < 4.78 is 6.92. The summed E-state index contributed by atoms with van der Waals surface area (Å²) in [6, 6.07) is 15.9. The molecule has 0 aliphatic heterocycles. The summed E-state index contributed by atoms with van der Waals surface area (Å²) >= 11 is 0. The highest BCUT2D eigenvalue weighted by molar-refractivity contribution is 6.06. The maximum atomic E-state index is 13.0. The smallest absolute Gasteiger partial charge is 0.330 e. The fraction of sp³-hybridized carbons (Fsp3) is 0.292. The zero-order valence-corrected chi connectivity index (χ0v) is 18.5. The number of hydrogen-bond acceptors (Lipinski definition) is 5. The van der Waals surface area contributed by atoms with Gasteiger partial charge in [-0.25, -0.2) is 4.79 Å². The zero-order valence-electron chi connectivity index (χ0n) is 18.5. The van der Waals surface area contributed by atoms with Crippen molar-refractivity contribution in [3.8, 4) is 5.75 Å². The van der Waals surface area contributed by atoms with Crippen molar-refractivity contribution in [1.82, 2.24) is 9.55 Å². The average Bonchev–Trinajstić information content (AvgIpc) is 2.77. The third-order valence-corrected chi connectivity index (χ3v) is 5.10. The van der Waals surface area contributed by atoms with Crippen LogP contribution < -0.4 is 26.6 Å². The largest absolute Gasteiger partial charge is 0.494 e. The van der Waals surface area contributed by atoms with Crippen molar-refractivity contribution in [2.24, 2.45) is 5.92 Å². The molecule has 0 radical (unpaired) electrons. The number of nitrogen functional groups attached to an aromatic ring is 1. The molecule has 1 amide bonds. The average molecular weight is 437 g/mol. The lowest BCUT2D eigenvalue weighted by Crippen LogP contribution is -2.39. The van der Waals surface area contributed by atoms with Crippen LogP contribution in [0.3, 0.4) is 0 Å². The summed E-state index contributed by atoms with van der Waals surface area (Å²) in [6.07, 6.45) is 0.935. The molecule has 0 atom stereocenters. The van der Waals surface area contributed by atoms with E-state index in [4.69, 9.17) is 10.5 Å². The van der Waals surface area contributed by atoms with E-state index in [0.29, 0.717) is 23.8 Å². The molecule has 0 aliphatic rings. The summed E-state index contributed by atoms with van der Waals surface area (Å²) in [4.78, 5) is 41.3. The minimum absolute atomic E-state index is 0.0768. The Kier molecular flexibility index (Phi) is 7.14. The molecule has 0 aliphatic carbocycles. The van der Waals surface area contributed by atoms with Gasteiger partial charge in [0.2, 0.25) is 0 Å². The Bertz CT molecular complexity index is 1180. The van der Waals surface area contributed by atoms with Crippen LogP contribution in [-0.4, -0.2) is 29.1 Å². The van der Waals surface area contributed by atoms with Gasteiger partial charge in [0.15, 0.2) is 5.69 Å². The monoisotopic (exact) mass is 436 g/mol. The number of benzene rings is 2. The number of carbonyl (C=O) groups excluding carboxylic acids is 1. The summed E-state index contributed by atoms with van der Waals surface area (Å²) in [5.41, 5.74) is 5.94. The van der Waals surface area contributed by atoms with Gasteiger partial charge in [0, 0.05) is 12.6 Å². The number of anilines is 2. The van der Waals surface area contributed by atoms with Crippen LogP contribution in [0.1, 0.15) is 36.2 Å². The van der Waals surface area contributed by atoms with E-state index in [0.717, 1.165) is 16.9 Å². The molecule has 8 nitrogen and oxygen atoms in total. The lowest BCUT2D eigenvalue weighted by Gasteiger charge is -2.20. The van der Waals surface area contributed by atoms with E-state index in [1.54, 1.807) is 24.3 Å². The maximum absolute atomic E-state index is 13.0. The van der Waals surface area contributed by atoms with Gasteiger partial charge in [-0.1, -0.05) is 44.2 Å². The second-order valence-corrected chi connectivity index (χ2v) is 7.98. The molecule has 3 rings (SSSR count). The lowest BCUT2D eigenvalue weighted by molar-refractivity contribution is 0.0992. The molecule has 3 aromatic rings. The number of carbonyl (C=O) groups is 1. The Morgan fingerprint density at radius 2 is 1.75 bits per heavy atom. The molecule has 0 fully saturated rings. The van der Waals surface area contributed by atoms with E-state index >= 15 is 0 Å². The van der Waals surface area contributed by atoms with Gasteiger partial charge in [0.1, 0.15) is 11.6 Å². The van der Waals surface area contributed by atoms with Crippen LogP contribution in [0.4, 0.5) is 11.5 Å². The van der Waals surface area contributed by atoms with E-state index in [1.807, 2.05) is 30.3 Å². The quantitative estimate of drug-likeness (QED) is 0.564. The van der Waals surface area contributed by atoms with E-state index < -0.39 is 17.2 Å². The van der Waals surface area contributed by atoms with Gasteiger partial charge in [-0.2, -0.15) is 0 Å². The van der Waals surface area contributed by atoms with Crippen LogP contribution in [-0.2, 0) is 6.54 Å². The normalized spacial score (nSPS) is 10.9. The molecule has 0 bridgehead atoms. The molecule has 3 N–H and O–H groups in total. The van der Waals surface area contributed by atoms with Crippen molar-refractivity contribution in [2.45, 2.75) is 26.8 Å². The molecule has 1 heterocycles. The van der Waals surface area contributed by atoms with Gasteiger partial charge in [0.25, 0.3) is 11.5 Å². The van der Waals surface area contributed by atoms with Crippen molar-refractivity contribution in [3.05, 3.63) is 86.6 Å². The molecule has 168 valence electrons. The first kappa shape index (κ1) is 22.9. The second kappa shape index (κ2) is 10.00. The second-order valence-electron chi connectivity index (χ2n) is 7.98. The predicted octanol–water partition coefficient (Wildman–Crippen LogP) is 2.87. The zero-order chi connectivity index (χ0) is 23.3. The minimum atomic E-state index is -0.721. The number of aromatic nitrogens is 2. The van der Waals surface area contributed by atoms with Crippen LogP contribution in [0.5, 0.6) is 5.75 Å². The summed E-state index contributed by atoms with van der Waals surface area (Å²) in [6.45, 7) is 5.01. The van der Waals surface area contributed by atoms with Gasteiger partial charge in [0.05, 0.1) is 13.2 Å². The molecule has 0 unspecified atom stereocenters. The standard InChI is InChI=1S/C24H28N4O4/c1-16(2)13-14-32-19-11-9-18(10-12-19)23(30)27(3)20-21(25)28(24(31)26-22(20)29)15-17-7-5-4-6-8-17/h4-12,16H,13-15,25H2,1-3H3,(H,26,29,31). The molecule has 0 saturated carbocycles. The van der Waals surface area contributed by atoms with Crippen molar-refractivity contribution in [2.75, 3.05) is 24.3 Å². The van der Waals surface area contributed by atoms with Gasteiger partial charge < -0.3 is 15.4 Å². The number of nitrogens with one attached hydrogen (secondary N) is 1. The predicted molar refractivity (Wildman–Crippen MR) is 125 cm³/mol. The number of nitrogens with zero attached hydrogens (tertiary/aromatic N) is 2. The van der Waals surface area contributed by atoms with Crippen molar-refractivity contribution in [3.63, 3.8) is 0 Å². The highest BCUT2D eigenvalue weighted by Crippen LogP contribution is 2.20. The van der Waals surface area contributed by atoms with Crippen molar-refractivity contribution < 1.29 is 9.53 Å². The Morgan fingerprint density at radius 3 is 2.38 bits per heavy atom. The SMILES string of the molecule is CC(C)CCOc1ccc(C(=O)N(C)c2c(N)n(Cc3ccccc3)c(=O)[nH]c2=O)cc1. The van der Waals surface area contributed by atoms with Crippen LogP contribution in [0, 0.1) is 5.92 Å². The number of rotatable bonds is 8. The van der Waals surface area contributed by atoms with Crippen molar-refractivity contribution >= 4 is 17.4 Å². The Hall–Kier alpha value is -3.81. The van der Waals surface area contributed by atoms with E-state index in [9.17, 15) is 14.4 Å². The summed E-state index contributed by atoms with van der Waals surface area (Å²) in [7, 11) is 1.45. The molecular weight excluding hydrogens is 408 g/mol. The summed E-state index contributed by atoms with van der Waals surface area (Å²) in [5, 5.41) is 0. The number of hydrogen-bond donors (Lipinski definition) is 2. The van der Waals surface area contributed by atoms with Crippen LogP contribution >= 0.6 is 0 Å². The van der Waals surface area contributed by atoms with Gasteiger partial charge in [-0.3, -0.25) is 19.1 Å². The van der Waals surface area contributed by atoms with E-state index in [-0.39, 0.29) is 18.1 Å². The number of amides is 1. The van der Waals surface area contributed by atoms with Gasteiger partial charge in [-0.05, 0) is 42.2 Å². The summed E-state index contributed by atoms with van der Waals surface area (Å²) in [5.74, 6) is 0.699. The first-order valence-corrected chi connectivity index (χ1v) is 10.5. The number of aromatic amines is 1. The molecule has 2 aromatic carbocycles. The minimum Gasteiger partial charge on any atom is -0.494 e. The van der Waals surface area contributed by atoms with Crippen molar-refractivity contribution in [1.29, 1.82) is 0 Å². The van der Waals surface area contributed by atoms with Crippen LogP contribution in [0.2, 0.25) is 0 Å². The fourth-order valence-corrected chi connectivity index (χ4v) is 3.23. The fourth-order valence-electron chi connectivity index (χ4n) is 3.23. The molecule has 0 spiro atoms.